The molecule has 0 aliphatic carbocycles. The summed E-state index contributed by atoms with van der Waals surface area (Å²) in [6, 6.07) is 19.3. The number of aromatic nitrogens is 2. The number of fused-ring (bicyclic) bond motifs is 1. The highest BCUT2D eigenvalue weighted by molar-refractivity contribution is 5.86. The van der Waals surface area contributed by atoms with Crippen LogP contribution in [0.15, 0.2) is 77.9 Å². The summed E-state index contributed by atoms with van der Waals surface area (Å²) in [4.78, 5) is 23.9. The van der Waals surface area contributed by atoms with Crippen LogP contribution < -0.4 is 10.5 Å². The van der Waals surface area contributed by atoms with Crippen LogP contribution >= 0.6 is 0 Å². The highest BCUT2D eigenvalue weighted by Crippen LogP contribution is 2.25. The molecule has 33 heavy (non-hydrogen) atoms. The van der Waals surface area contributed by atoms with Gasteiger partial charge in [0.15, 0.2) is 5.69 Å². The molecule has 0 amide bonds. The zero-order chi connectivity index (χ0) is 22.6. The minimum atomic E-state index is -0.0154. The zero-order valence-electron chi connectivity index (χ0n) is 18.6. The molecule has 0 unspecified atom stereocenters. The minimum absolute atomic E-state index is 0.0154. The summed E-state index contributed by atoms with van der Waals surface area (Å²) in [5.74, 6) is 0. The Hall–Kier alpha value is -3.82. The lowest BCUT2D eigenvalue weighted by atomic mass is 10.1. The van der Waals surface area contributed by atoms with Crippen LogP contribution in [-0.4, -0.2) is 47.2 Å². The maximum atomic E-state index is 12.0. The number of benzene rings is 2. The number of piperazine rings is 1. The van der Waals surface area contributed by atoms with E-state index in [-0.39, 0.29) is 5.56 Å². The molecule has 2 aromatic heterocycles. The normalized spacial score (nSPS) is 14.5. The predicted octanol–water partition coefficient (Wildman–Crippen LogP) is 4.62. The lowest BCUT2D eigenvalue weighted by molar-refractivity contribution is 0.255. The molecule has 4 aromatic rings. The molecule has 2 aromatic carbocycles. The molecule has 1 aliphatic heterocycles. The summed E-state index contributed by atoms with van der Waals surface area (Å²) in [6.07, 6.45) is 6.01. The molecule has 6 heteroatoms. The van der Waals surface area contributed by atoms with Crippen molar-refractivity contribution in [2.75, 3.05) is 37.6 Å². The van der Waals surface area contributed by atoms with Crippen LogP contribution in [0.1, 0.15) is 12.0 Å². The molecular weight excluding hydrogens is 410 g/mol. The Kier molecular flexibility index (Phi) is 5.97. The van der Waals surface area contributed by atoms with E-state index in [9.17, 15) is 4.79 Å². The van der Waals surface area contributed by atoms with Gasteiger partial charge < -0.3 is 9.88 Å². The molecule has 1 N–H and O–H groups in total. The first-order valence-corrected chi connectivity index (χ1v) is 11.4. The topological polar surface area (TPSA) is 48.6 Å². The van der Waals surface area contributed by atoms with E-state index in [1.807, 2.05) is 36.4 Å². The first-order valence-electron chi connectivity index (χ1n) is 11.4. The Morgan fingerprint density at radius 1 is 0.939 bits per heavy atom. The molecule has 1 aliphatic rings. The molecule has 3 heterocycles. The Labute approximate surface area is 193 Å². The van der Waals surface area contributed by atoms with Gasteiger partial charge in [0.25, 0.3) is 5.56 Å². The van der Waals surface area contributed by atoms with Crippen LogP contribution in [0.5, 0.6) is 0 Å². The second-order valence-electron chi connectivity index (χ2n) is 8.51. The first kappa shape index (κ1) is 21.0. The van der Waals surface area contributed by atoms with Crippen molar-refractivity contribution in [1.82, 2.24) is 14.5 Å². The Balaban J connectivity index is 1.13. The molecule has 0 atom stereocenters. The summed E-state index contributed by atoms with van der Waals surface area (Å²) in [6.45, 7) is 12.4. The number of H-pyrrole nitrogens is 1. The lowest BCUT2D eigenvalue weighted by Crippen LogP contribution is -2.46. The fourth-order valence-electron chi connectivity index (χ4n) is 4.63. The van der Waals surface area contributed by atoms with Gasteiger partial charge in [-0.3, -0.25) is 14.3 Å². The smallest absolute Gasteiger partial charge is 0.255 e. The van der Waals surface area contributed by atoms with Gasteiger partial charge in [-0.15, -0.1) is 0 Å². The van der Waals surface area contributed by atoms with Gasteiger partial charge in [-0.1, -0.05) is 12.1 Å². The fraction of sp³-hybridized carbons (Fsp3) is 0.259. The van der Waals surface area contributed by atoms with Gasteiger partial charge in [-0.2, -0.15) is 0 Å². The third-order valence-corrected chi connectivity index (χ3v) is 6.49. The third kappa shape index (κ3) is 4.55. The number of nitrogens with zero attached hydrogens (tertiary/aromatic N) is 4. The standard InChI is InChI=1S/C27H27N5O/c1-28-22-7-12-26-25(19-22)21(20-29-26)5-4-13-30-15-17-31(18-16-30)23-8-10-24(11-9-23)32-14-3-2-6-27(32)33/h2-3,6-12,14,19-20,29H,4-5,13,15-18H2. The molecule has 6 nitrogen and oxygen atoms in total. The second kappa shape index (κ2) is 9.35. The number of pyridine rings is 1. The van der Waals surface area contributed by atoms with Crippen molar-refractivity contribution in [2.24, 2.45) is 0 Å². The number of nitrogens with one attached hydrogen (secondary N) is 1. The summed E-state index contributed by atoms with van der Waals surface area (Å²) in [7, 11) is 0. The maximum Gasteiger partial charge on any atom is 0.255 e. The molecule has 0 radical (unpaired) electrons. The Morgan fingerprint density at radius 3 is 2.48 bits per heavy atom. The van der Waals surface area contributed by atoms with E-state index in [4.69, 9.17) is 6.57 Å². The van der Waals surface area contributed by atoms with Crippen LogP contribution in [-0.2, 0) is 6.42 Å². The van der Waals surface area contributed by atoms with Crippen molar-refractivity contribution in [3.05, 3.63) is 100 Å². The fourth-order valence-corrected chi connectivity index (χ4v) is 4.63. The van der Waals surface area contributed by atoms with E-state index < -0.39 is 0 Å². The average molecular weight is 438 g/mol. The van der Waals surface area contributed by atoms with Crippen LogP contribution in [0.2, 0.25) is 0 Å². The quantitative estimate of drug-likeness (QED) is 0.448. The zero-order valence-corrected chi connectivity index (χ0v) is 18.6. The molecule has 166 valence electrons. The molecule has 1 saturated heterocycles. The van der Waals surface area contributed by atoms with Crippen LogP contribution in [0.3, 0.4) is 0 Å². The van der Waals surface area contributed by atoms with Gasteiger partial charge in [-0.05, 0) is 72.8 Å². The van der Waals surface area contributed by atoms with Gasteiger partial charge in [-0.25, -0.2) is 4.85 Å². The Bertz CT molecular complexity index is 1340. The largest absolute Gasteiger partial charge is 0.369 e. The number of hydrogen-bond donors (Lipinski definition) is 1. The highest BCUT2D eigenvalue weighted by Gasteiger charge is 2.17. The van der Waals surface area contributed by atoms with E-state index in [0.717, 1.165) is 56.8 Å². The molecule has 0 saturated carbocycles. The number of rotatable bonds is 6. The monoisotopic (exact) mass is 437 g/mol. The summed E-state index contributed by atoms with van der Waals surface area (Å²) >= 11 is 0. The second-order valence-corrected chi connectivity index (χ2v) is 8.51. The van der Waals surface area contributed by atoms with Crippen LogP contribution in [0.25, 0.3) is 21.4 Å². The highest BCUT2D eigenvalue weighted by atomic mass is 16.1. The van der Waals surface area contributed by atoms with Crippen molar-refractivity contribution < 1.29 is 0 Å². The van der Waals surface area contributed by atoms with E-state index in [2.05, 4.69) is 38.0 Å². The lowest BCUT2D eigenvalue weighted by Gasteiger charge is -2.36. The van der Waals surface area contributed by atoms with Crippen LogP contribution in [0, 0.1) is 6.57 Å². The van der Waals surface area contributed by atoms with E-state index >= 15 is 0 Å². The number of hydrogen-bond acceptors (Lipinski definition) is 3. The molecule has 0 spiro atoms. The molecule has 1 fully saturated rings. The van der Waals surface area contributed by atoms with Gasteiger partial charge in [0.05, 0.1) is 6.57 Å². The maximum absolute atomic E-state index is 12.0. The summed E-state index contributed by atoms with van der Waals surface area (Å²) in [5, 5.41) is 1.18. The van der Waals surface area contributed by atoms with Crippen molar-refractivity contribution in [1.29, 1.82) is 0 Å². The third-order valence-electron chi connectivity index (χ3n) is 6.49. The van der Waals surface area contributed by atoms with Crippen LogP contribution in [0.4, 0.5) is 11.4 Å². The Morgan fingerprint density at radius 2 is 1.73 bits per heavy atom. The number of aromatic amines is 1. The van der Waals surface area contributed by atoms with Crippen molar-refractivity contribution in [3.63, 3.8) is 0 Å². The van der Waals surface area contributed by atoms with Gasteiger partial charge >= 0.3 is 0 Å². The first-order chi connectivity index (χ1) is 16.2. The predicted molar refractivity (Wildman–Crippen MR) is 134 cm³/mol. The molecule has 5 rings (SSSR count). The number of anilines is 1. The van der Waals surface area contributed by atoms with E-state index in [1.165, 1.54) is 16.6 Å². The summed E-state index contributed by atoms with van der Waals surface area (Å²) < 4.78 is 1.66. The number of aryl methyl sites for hydroxylation is 1. The van der Waals surface area contributed by atoms with Crippen molar-refractivity contribution in [3.8, 4) is 5.69 Å². The van der Waals surface area contributed by atoms with E-state index in [0.29, 0.717) is 5.69 Å². The average Bonchev–Trinajstić information content (AvgIpc) is 3.27. The molecular formula is C27H27N5O. The van der Waals surface area contributed by atoms with Gasteiger partial charge in [0.1, 0.15) is 0 Å². The van der Waals surface area contributed by atoms with Crippen molar-refractivity contribution >= 4 is 22.3 Å². The minimum Gasteiger partial charge on any atom is -0.369 e. The summed E-state index contributed by atoms with van der Waals surface area (Å²) in [5.41, 5.74) is 5.18. The SMILES string of the molecule is [C-]#[N+]c1ccc2[nH]cc(CCCN3CCN(c4ccc(-n5ccccc5=O)cc4)CC3)c2c1. The van der Waals surface area contributed by atoms with Gasteiger partial charge in [0.2, 0.25) is 0 Å². The van der Waals surface area contributed by atoms with Crippen molar-refractivity contribution in [2.45, 2.75) is 12.8 Å². The van der Waals surface area contributed by atoms with E-state index in [1.54, 1.807) is 22.9 Å². The molecule has 0 bridgehead atoms. The van der Waals surface area contributed by atoms with Gasteiger partial charge in [0, 0.05) is 61.5 Å².